The second-order valence-electron chi connectivity index (χ2n) is 6.51. The number of nitrogens with two attached hydrogens (primary N) is 2. The normalized spacial score (nSPS) is 11.0. The van der Waals surface area contributed by atoms with Crippen molar-refractivity contribution in [2.45, 2.75) is 6.92 Å². The number of nitriles is 1. The van der Waals surface area contributed by atoms with Crippen molar-refractivity contribution >= 4 is 22.9 Å². The molecule has 0 saturated carbocycles. The first-order valence-corrected chi connectivity index (χ1v) is 9.05. The fourth-order valence-corrected chi connectivity index (χ4v) is 2.91. The maximum absolute atomic E-state index is 9.13. The van der Waals surface area contributed by atoms with E-state index in [0.717, 1.165) is 33.6 Å². The number of nitrogen functional groups attached to an aromatic ring is 1. The van der Waals surface area contributed by atoms with Gasteiger partial charge in [-0.15, -0.1) is 5.10 Å². The maximum atomic E-state index is 9.13. The Hall–Kier alpha value is -4.02. The van der Waals surface area contributed by atoms with Crippen LogP contribution < -0.4 is 27.7 Å². The van der Waals surface area contributed by atoms with Gasteiger partial charge in [0.1, 0.15) is 0 Å². The molecule has 0 aliphatic carbocycles. The molecule has 0 radical (unpaired) electrons. The summed E-state index contributed by atoms with van der Waals surface area (Å²) in [5, 5.41) is 16.5. The third-order valence-corrected chi connectivity index (χ3v) is 4.46. The fraction of sp³-hybridized carbons (Fsp3) is 0.0909. The molecule has 146 valence electrons. The van der Waals surface area contributed by atoms with Crippen molar-refractivity contribution in [1.29, 1.82) is 5.26 Å². The summed E-state index contributed by atoms with van der Waals surface area (Å²) in [5.41, 5.74) is 24.1. The van der Waals surface area contributed by atoms with Gasteiger partial charge in [0.15, 0.2) is 5.84 Å². The number of benzene rings is 3. The Balaban J connectivity index is 1.89. The molecule has 0 saturated heterocycles. The third-order valence-electron chi connectivity index (χ3n) is 4.46. The van der Waals surface area contributed by atoms with Gasteiger partial charge in [0.25, 0.3) is 0 Å². The SMILES string of the molecule is CNN/N=C(\N)c1ccc(N)c(Nc2cccc(-c3ccc(C#N)c(C)c3)c2)c1. The van der Waals surface area contributed by atoms with Crippen molar-refractivity contribution in [2.75, 3.05) is 18.1 Å². The summed E-state index contributed by atoms with van der Waals surface area (Å²) in [6.45, 7) is 1.94. The third kappa shape index (κ3) is 4.64. The van der Waals surface area contributed by atoms with Crippen molar-refractivity contribution in [3.8, 4) is 17.2 Å². The Morgan fingerprint density at radius 1 is 1.03 bits per heavy atom. The average Bonchev–Trinajstić information content (AvgIpc) is 2.73. The van der Waals surface area contributed by atoms with Gasteiger partial charge in [-0.25, -0.2) is 11.0 Å². The van der Waals surface area contributed by atoms with Crippen LogP contribution in [0, 0.1) is 18.3 Å². The zero-order valence-corrected chi connectivity index (χ0v) is 16.3. The van der Waals surface area contributed by atoms with E-state index in [0.29, 0.717) is 17.1 Å². The number of hydrogen-bond donors (Lipinski definition) is 5. The van der Waals surface area contributed by atoms with E-state index >= 15 is 0 Å². The van der Waals surface area contributed by atoms with Crippen molar-refractivity contribution in [1.82, 2.24) is 11.0 Å². The van der Waals surface area contributed by atoms with Gasteiger partial charge in [-0.2, -0.15) is 5.26 Å². The summed E-state index contributed by atoms with van der Waals surface area (Å²) in [6, 6.07) is 21.4. The lowest BCUT2D eigenvalue weighted by Gasteiger charge is -2.13. The predicted molar refractivity (Wildman–Crippen MR) is 118 cm³/mol. The zero-order chi connectivity index (χ0) is 20.8. The van der Waals surface area contributed by atoms with Crippen LogP contribution in [-0.2, 0) is 0 Å². The molecule has 0 aromatic heterocycles. The van der Waals surface area contributed by atoms with Gasteiger partial charge in [-0.3, -0.25) is 0 Å². The van der Waals surface area contributed by atoms with Crippen LogP contribution in [0.15, 0.2) is 65.8 Å². The first-order valence-electron chi connectivity index (χ1n) is 9.05. The van der Waals surface area contributed by atoms with E-state index in [1.54, 1.807) is 13.1 Å². The molecule has 3 aromatic carbocycles. The number of hydrogen-bond acceptors (Lipinski definition) is 6. The summed E-state index contributed by atoms with van der Waals surface area (Å²) in [4.78, 5) is 0. The smallest absolute Gasteiger partial charge is 0.152 e. The monoisotopic (exact) mass is 385 g/mol. The Kier molecular flexibility index (Phi) is 5.97. The van der Waals surface area contributed by atoms with Crippen molar-refractivity contribution < 1.29 is 0 Å². The van der Waals surface area contributed by atoms with Crippen LogP contribution in [0.25, 0.3) is 11.1 Å². The highest BCUT2D eigenvalue weighted by Gasteiger charge is 2.07. The van der Waals surface area contributed by atoms with Gasteiger partial charge in [0, 0.05) is 18.3 Å². The Morgan fingerprint density at radius 3 is 2.55 bits per heavy atom. The van der Waals surface area contributed by atoms with Crippen LogP contribution in [-0.4, -0.2) is 12.9 Å². The lowest BCUT2D eigenvalue weighted by molar-refractivity contribution is 0.632. The Morgan fingerprint density at radius 2 is 1.83 bits per heavy atom. The summed E-state index contributed by atoms with van der Waals surface area (Å²) >= 11 is 0. The molecule has 7 heteroatoms. The Bertz CT molecular complexity index is 1100. The minimum atomic E-state index is 0.337. The molecular weight excluding hydrogens is 362 g/mol. The molecular formula is C22H23N7. The standard InChI is InChI=1S/C22H23N7/c1-14-10-16(6-7-18(14)13-23)15-4-3-5-19(11-15)27-21-12-17(8-9-20(21)24)22(25)28-29-26-2/h3-12,26-27,29H,24H2,1-2H3,(H2,25,28). The molecule has 29 heavy (non-hydrogen) atoms. The summed E-state index contributed by atoms with van der Waals surface area (Å²) < 4.78 is 0. The summed E-state index contributed by atoms with van der Waals surface area (Å²) in [7, 11) is 1.70. The highest BCUT2D eigenvalue weighted by Crippen LogP contribution is 2.29. The predicted octanol–water partition coefficient (Wildman–Crippen LogP) is 3.20. The van der Waals surface area contributed by atoms with Gasteiger partial charge < -0.3 is 16.8 Å². The lowest BCUT2D eigenvalue weighted by atomic mass is 10.00. The van der Waals surface area contributed by atoms with Gasteiger partial charge >= 0.3 is 0 Å². The van der Waals surface area contributed by atoms with Crippen molar-refractivity contribution in [3.05, 3.63) is 77.4 Å². The second kappa shape index (κ2) is 8.78. The van der Waals surface area contributed by atoms with E-state index in [1.807, 2.05) is 61.5 Å². The molecule has 0 heterocycles. The molecule has 0 aliphatic rings. The molecule has 0 fully saturated rings. The molecule has 0 spiro atoms. The number of hydrazone groups is 1. The van der Waals surface area contributed by atoms with E-state index in [-0.39, 0.29) is 0 Å². The molecule has 7 nitrogen and oxygen atoms in total. The van der Waals surface area contributed by atoms with Gasteiger partial charge in [-0.1, -0.05) is 24.3 Å². The summed E-state index contributed by atoms with van der Waals surface area (Å²) in [5.74, 6) is 0.337. The molecule has 7 N–H and O–H groups in total. The topological polar surface area (TPSA) is 124 Å². The molecule has 3 aromatic rings. The molecule has 0 bridgehead atoms. The number of hydrazine groups is 1. The van der Waals surface area contributed by atoms with Crippen LogP contribution in [0.1, 0.15) is 16.7 Å². The number of amidine groups is 1. The van der Waals surface area contributed by atoms with E-state index in [1.165, 1.54) is 0 Å². The largest absolute Gasteiger partial charge is 0.397 e. The van der Waals surface area contributed by atoms with Gasteiger partial charge in [-0.05, 0) is 60.0 Å². The minimum Gasteiger partial charge on any atom is -0.397 e. The first-order chi connectivity index (χ1) is 14.0. The van der Waals surface area contributed by atoms with Gasteiger partial charge in [0.2, 0.25) is 0 Å². The minimum absolute atomic E-state index is 0.337. The number of nitrogens with one attached hydrogen (secondary N) is 3. The van der Waals surface area contributed by atoms with Crippen molar-refractivity contribution in [2.24, 2.45) is 10.8 Å². The van der Waals surface area contributed by atoms with Crippen LogP contribution in [0.4, 0.5) is 17.1 Å². The van der Waals surface area contributed by atoms with Crippen LogP contribution >= 0.6 is 0 Å². The van der Waals surface area contributed by atoms with E-state index in [9.17, 15) is 0 Å². The Labute approximate surface area is 170 Å². The number of nitrogens with zero attached hydrogens (tertiary/aromatic N) is 2. The average molecular weight is 385 g/mol. The van der Waals surface area contributed by atoms with Crippen LogP contribution in [0.2, 0.25) is 0 Å². The first kappa shape index (κ1) is 19.7. The fourth-order valence-electron chi connectivity index (χ4n) is 2.91. The van der Waals surface area contributed by atoms with E-state index < -0.39 is 0 Å². The molecule has 3 rings (SSSR count). The molecule has 0 atom stereocenters. The molecule has 0 unspecified atom stereocenters. The maximum Gasteiger partial charge on any atom is 0.152 e. The van der Waals surface area contributed by atoms with E-state index in [2.05, 4.69) is 27.4 Å². The van der Waals surface area contributed by atoms with E-state index in [4.69, 9.17) is 16.7 Å². The van der Waals surface area contributed by atoms with Gasteiger partial charge in [0.05, 0.1) is 23.0 Å². The number of rotatable bonds is 6. The molecule has 0 amide bonds. The summed E-state index contributed by atoms with van der Waals surface area (Å²) in [6.07, 6.45) is 0. The lowest BCUT2D eigenvalue weighted by Crippen LogP contribution is -2.26. The highest BCUT2D eigenvalue weighted by atomic mass is 15.5. The van der Waals surface area contributed by atoms with Crippen LogP contribution in [0.3, 0.4) is 0 Å². The highest BCUT2D eigenvalue weighted by molar-refractivity contribution is 5.99. The zero-order valence-electron chi connectivity index (χ0n) is 16.3. The molecule has 0 aliphatic heterocycles. The van der Waals surface area contributed by atoms with Crippen molar-refractivity contribution in [3.63, 3.8) is 0 Å². The van der Waals surface area contributed by atoms with Crippen LogP contribution in [0.5, 0.6) is 0 Å². The number of anilines is 3. The number of aryl methyl sites for hydroxylation is 1. The second-order valence-corrected chi connectivity index (χ2v) is 6.51. The quantitative estimate of drug-likeness (QED) is 0.192.